The average molecular weight is 301 g/mol. The smallest absolute Gasteiger partial charge is 0.508 e. The molecule has 3 nitrogen and oxygen atoms in total. The highest BCUT2D eigenvalue weighted by Crippen LogP contribution is 2.24. The summed E-state index contributed by atoms with van der Waals surface area (Å²) in [5, 5.41) is 12.1. The maximum Gasteiger partial charge on any atom is 0.573 e. The maximum absolute atomic E-state index is 13.1. The number of nitrogens with one attached hydrogen (secondary N) is 1. The predicted octanol–water partition coefficient (Wildman–Crippen LogP) is 4.04. The summed E-state index contributed by atoms with van der Waals surface area (Å²) in [5.41, 5.74) is 1.04. The van der Waals surface area contributed by atoms with E-state index in [-0.39, 0.29) is 18.0 Å². The van der Waals surface area contributed by atoms with Gasteiger partial charge < -0.3 is 15.2 Å². The molecule has 0 aliphatic rings. The van der Waals surface area contributed by atoms with Crippen molar-refractivity contribution >= 4 is 5.69 Å². The zero-order valence-electron chi connectivity index (χ0n) is 10.6. The van der Waals surface area contributed by atoms with Crippen LogP contribution in [0.5, 0.6) is 11.5 Å². The molecular formula is C14H11F4NO2. The van der Waals surface area contributed by atoms with Crippen molar-refractivity contribution in [2.24, 2.45) is 0 Å². The lowest BCUT2D eigenvalue weighted by atomic mass is 10.2. The van der Waals surface area contributed by atoms with Crippen molar-refractivity contribution in [2.75, 3.05) is 5.32 Å². The van der Waals surface area contributed by atoms with Crippen LogP contribution in [0.3, 0.4) is 0 Å². The minimum absolute atomic E-state index is 0.194. The van der Waals surface area contributed by atoms with Gasteiger partial charge in [0, 0.05) is 18.3 Å². The van der Waals surface area contributed by atoms with Crippen LogP contribution in [0.25, 0.3) is 0 Å². The number of hydrogen-bond donors (Lipinski definition) is 2. The second-order valence-electron chi connectivity index (χ2n) is 4.24. The van der Waals surface area contributed by atoms with Gasteiger partial charge in [-0.2, -0.15) is 0 Å². The summed E-state index contributed by atoms with van der Waals surface area (Å²) in [6.07, 6.45) is -4.73. The fourth-order valence-electron chi connectivity index (χ4n) is 1.71. The number of anilines is 1. The molecule has 0 amide bonds. The molecule has 2 aromatic carbocycles. The maximum atomic E-state index is 13.1. The Morgan fingerprint density at radius 1 is 1.05 bits per heavy atom. The Kier molecular flexibility index (Phi) is 4.21. The Labute approximate surface area is 117 Å². The molecule has 0 spiro atoms. The third-order valence-electron chi connectivity index (χ3n) is 2.53. The van der Waals surface area contributed by atoms with E-state index in [1.54, 1.807) is 0 Å². The third-order valence-corrected chi connectivity index (χ3v) is 2.53. The quantitative estimate of drug-likeness (QED) is 0.837. The zero-order valence-corrected chi connectivity index (χ0v) is 10.6. The summed E-state index contributed by atoms with van der Waals surface area (Å²) in [6.45, 7) is 0.213. The van der Waals surface area contributed by atoms with E-state index in [0.717, 1.165) is 6.07 Å². The summed E-state index contributed by atoms with van der Waals surface area (Å²) < 4.78 is 52.8. The molecule has 0 aromatic heterocycles. The Balaban J connectivity index is 1.97. The second kappa shape index (κ2) is 5.90. The molecule has 0 atom stereocenters. The van der Waals surface area contributed by atoms with E-state index in [1.807, 2.05) is 0 Å². The summed E-state index contributed by atoms with van der Waals surface area (Å²) in [7, 11) is 0. The molecule has 0 bridgehead atoms. The van der Waals surface area contributed by atoms with Gasteiger partial charge in [0.15, 0.2) is 0 Å². The molecule has 0 fully saturated rings. The lowest BCUT2D eigenvalue weighted by Crippen LogP contribution is -2.17. The van der Waals surface area contributed by atoms with Crippen LogP contribution in [0.1, 0.15) is 5.56 Å². The fourth-order valence-corrected chi connectivity index (χ4v) is 1.71. The van der Waals surface area contributed by atoms with Gasteiger partial charge in [-0.25, -0.2) is 4.39 Å². The average Bonchev–Trinajstić information content (AvgIpc) is 2.35. The molecule has 2 N–H and O–H groups in total. The normalized spacial score (nSPS) is 11.2. The molecule has 0 aliphatic carbocycles. The first-order chi connectivity index (χ1) is 9.82. The summed E-state index contributed by atoms with van der Waals surface area (Å²) in [4.78, 5) is 0. The van der Waals surface area contributed by atoms with Crippen LogP contribution in [-0.4, -0.2) is 11.5 Å². The number of rotatable bonds is 4. The van der Waals surface area contributed by atoms with E-state index in [0.29, 0.717) is 11.3 Å². The molecule has 0 aliphatic heterocycles. The molecule has 0 saturated carbocycles. The number of benzene rings is 2. The van der Waals surface area contributed by atoms with Crippen LogP contribution in [0, 0.1) is 5.82 Å². The Morgan fingerprint density at radius 3 is 2.29 bits per heavy atom. The standard InChI is InChI=1S/C14H11F4NO2/c15-10-5-9(6-12(20)7-10)8-19-11-1-3-13(4-2-11)21-14(16,17)18/h1-7,19-20H,8H2. The van der Waals surface area contributed by atoms with Gasteiger partial charge in [-0.3, -0.25) is 0 Å². The molecule has 112 valence electrons. The molecule has 0 radical (unpaired) electrons. The second-order valence-corrected chi connectivity index (χ2v) is 4.24. The summed E-state index contributed by atoms with van der Waals surface area (Å²) in [5.74, 6) is -1.09. The van der Waals surface area contributed by atoms with Crippen molar-refractivity contribution in [1.82, 2.24) is 0 Å². The van der Waals surface area contributed by atoms with E-state index in [2.05, 4.69) is 10.1 Å². The Bertz CT molecular complexity index is 591. The van der Waals surface area contributed by atoms with Gasteiger partial charge >= 0.3 is 6.36 Å². The van der Waals surface area contributed by atoms with Crippen molar-refractivity contribution in [3.63, 3.8) is 0 Å². The minimum Gasteiger partial charge on any atom is -0.508 e. The first-order valence-corrected chi connectivity index (χ1v) is 5.90. The van der Waals surface area contributed by atoms with E-state index < -0.39 is 12.2 Å². The Hall–Kier alpha value is -2.44. The highest BCUT2D eigenvalue weighted by molar-refractivity contribution is 5.47. The van der Waals surface area contributed by atoms with Crippen LogP contribution in [-0.2, 0) is 6.54 Å². The monoisotopic (exact) mass is 301 g/mol. The highest BCUT2D eigenvalue weighted by atomic mass is 19.4. The number of aromatic hydroxyl groups is 1. The van der Waals surface area contributed by atoms with Crippen molar-refractivity contribution < 1.29 is 27.4 Å². The van der Waals surface area contributed by atoms with Crippen molar-refractivity contribution in [3.05, 3.63) is 53.8 Å². The number of ether oxygens (including phenoxy) is 1. The summed E-state index contributed by atoms with van der Waals surface area (Å²) >= 11 is 0. The molecule has 2 aromatic rings. The SMILES string of the molecule is Oc1cc(F)cc(CNc2ccc(OC(F)(F)F)cc2)c1. The zero-order chi connectivity index (χ0) is 15.5. The van der Waals surface area contributed by atoms with Gasteiger partial charge in [0.05, 0.1) is 0 Å². The van der Waals surface area contributed by atoms with Gasteiger partial charge in [0.25, 0.3) is 0 Å². The molecule has 7 heteroatoms. The van der Waals surface area contributed by atoms with Crippen LogP contribution in [0.4, 0.5) is 23.2 Å². The molecule has 0 unspecified atom stereocenters. The van der Waals surface area contributed by atoms with E-state index in [4.69, 9.17) is 0 Å². The van der Waals surface area contributed by atoms with Crippen LogP contribution >= 0.6 is 0 Å². The lowest BCUT2D eigenvalue weighted by molar-refractivity contribution is -0.274. The van der Waals surface area contributed by atoms with E-state index in [9.17, 15) is 22.7 Å². The van der Waals surface area contributed by atoms with Crippen LogP contribution in [0.2, 0.25) is 0 Å². The molecular weight excluding hydrogens is 290 g/mol. The number of alkyl halides is 3. The Morgan fingerprint density at radius 2 is 1.71 bits per heavy atom. The number of halogens is 4. The van der Waals surface area contributed by atoms with Gasteiger partial charge in [-0.05, 0) is 42.0 Å². The minimum atomic E-state index is -4.73. The largest absolute Gasteiger partial charge is 0.573 e. The van der Waals surface area contributed by atoms with Crippen molar-refractivity contribution in [3.8, 4) is 11.5 Å². The van der Waals surface area contributed by atoms with Gasteiger partial charge in [-0.15, -0.1) is 13.2 Å². The van der Waals surface area contributed by atoms with Gasteiger partial charge in [0.1, 0.15) is 17.3 Å². The number of hydrogen-bond acceptors (Lipinski definition) is 3. The van der Waals surface area contributed by atoms with Gasteiger partial charge in [-0.1, -0.05) is 0 Å². The first-order valence-electron chi connectivity index (χ1n) is 5.90. The van der Waals surface area contributed by atoms with Crippen LogP contribution < -0.4 is 10.1 Å². The number of phenolic OH excluding ortho intramolecular Hbond substituents is 1. The van der Waals surface area contributed by atoms with Crippen LogP contribution in [0.15, 0.2) is 42.5 Å². The summed E-state index contributed by atoms with van der Waals surface area (Å²) in [6, 6.07) is 8.75. The number of phenols is 1. The molecule has 0 heterocycles. The fraction of sp³-hybridized carbons (Fsp3) is 0.143. The molecule has 21 heavy (non-hydrogen) atoms. The molecule has 0 saturated heterocycles. The van der Waals surface area contributed by atoms with Crippen molar-refractivity contribution in [1.29, 1.82) is 0 Å². The van der Waals surface area contributed by atoms with E-state index in [1.165, 1.54) is 36.4 Å². The lowest BCUT2D eigenvalue weighted by Gasteiger charge is -2.10. The van der Waals surface area contributed by atoms with Crippen molar-refractivity contribution in [2.45, 2.75) is 12.9 Å². The van der Waals surface area contributed by atoms with E-state index >= 15 is 0 Å². The predicted molar refractivity (Wildman–Crippen MR) is 68.5 cm³/mol. The topological polar surface area (TPSA) is 41.5 Å². The highest BCUT2D eigenvalue weighted by Gasteiger charge is 2.30. The third kappa shape index (κ3) is 4.87. The van der Waals surface area contributed by atoms with Gasteiger partial charge in [0.2, 0.25) is 0 Å². The first kappa shape index (κ1) is 15.0. The molecule has 2 rings (SSSR count).